The summed E-state index contributed by atoms with van der Waals surface area (Å²) in [5.74, 6) is -1.21. The van der Waals surface area contributed by atoms with Gasteiger partial charge in [0.15, 0.2) is 5.65 Å². The Morgan fingerprint density at radius 2 is 1.49 bits per heavy atom. The van der Waals surface area contributed by atoms with Crippen LogP contribution in [-0.2, 0) is 0 Å². The van der Waals surface area contributed by atoms with Gasteiger partial charge >= 0.3 is 11.4 Å². The molecule has 12 nitrogen and oxygen atoms in total. The summed E-state index contributed by atoms with van der Waals surface area (Å²) in [5, 5.41) is 41.4. The maximum Gasteiger partial charge on any atom is 0.324 e. The van der Waals surface area contributed by atoms with Crippen LogP contribution in [-0.4, -0.2) is 29.3 Å². The van der Waals surface area contributed by atoms with Crippen molar-refractivity contribution in [3.8, 4) is 17.0 Å². The van der Waals surface area contributed by atoms with Gasteiger partial charge in [-0.2, -0.15) is 0 Å². The number of imidazole rings is 1. The van der Waals surface area contributed by atoms with E-state index in [9.17, 15) is 30.3 Å². The molecule has 2 heterocycles. The number of aromatic hydroxyl groups is 1. The fraction of sp³-hybridized carbons (Fsp3) is 0.0500. The van der Waals surface area contributed by atoms with Crippen LogP contribution in [0.15, 0.2) is 53.1 Å². The quantitative estimate of drug-likeness (QED) is 0.209. The normalized spacial score (nSPS) is 10.5. The molecule has 0 saturated heterocycles. The molecule has 0 fully saturated rings. The highest BCUT2D eigenvalue weighted by atomic mass is 79.9. The largest absolute Gasteiger partial charge is 0.497 e. The summed E-state index contributed by atoms with van der Waals surface area (Å²) in [6.07, 6.45) is 1.83. The first kappa shape index (κ1) is 25.8. The molecular weight excluding hydrogens is 573 g/mol. The molecule has 2 aromatic heterocycles. The maximum absolute atomic E-state index is 10.4. The van der Waals surface area contributed by atoms with Crippen molar-refractivity contribution in [2.75, 3.05) is 0 Å². The van der Waals surface area contributed by atoms with E-state index >= 15 is 0 Å². The summed E-state index contributed by atoms with van der Waals surface area (Å²) in [6, 6.07) is 10.6. The Morgan fingerprint density at radius 3 is 1.97 bits per heavy atom. The van der Waals surface area contributed by atoms with E-state index in [1.54, 1.807) is 6.07 Å². The van der Waals surface area contributed by atoms with Gasteiger partial charge in [0.2, 0.25) is 0 Å². The Bertz CT molecular complexity index is 1460. The molecule has 0 bridgehead atoms. The lowest BCUT2D eigenvalue weighted by Crippen LogP contribution is -1.97. The van der Waals surface area contributed by atoms with E-state index in [2.05, 4.69) is 20.9 Å². The molecule has 0 amide bonds. The van der Waals surface area contributed by atoms with Gasteiger partial charge in [-0.25, -0.2) is 4.98 Å². The van der Waals surface area contributed by atoms with Crippen LogP contribution in [0.3, 0.4) is 0 Å². The van der Waals surface area contributed by atoms with Crippen molar-refractivity contribution in [2.24, 2.45) is 0 Å². The number of nitro groups is 3. The number of pyridine rings is 1. The predicted molar refractivity (Wildman–Crippen MR) is 131 cm³/mol. The molecule has 1 N–H and O–H groups in total. The van der Waals surface area contributed by atoms with E-state index < -0.39 is 37.6 Å². The topological polar surface area (TPSA) is 167 Å². The van der Waals surface area contributed by atoms with Gasteiger partial charge in [-0.15, -0.1) is 0 Å². The van der Waals surface area contributed by atoms with Crippen LogP contribution >= 0.6 is 39.1 Å². The van der Waals surface area contributed by atoms with Crippen LogP contribution in [0.5, 0.6) is 5.75 Å². The number of fused-ring (bicyclic) bond motifs is 1. The minimum atomic E-state index is -1.21. The summed E-state index contributed by atoms with van der Waals surface area (Å²) in [6.45, 7) is 2.00. The molecule has 0 spiro atoms. The van der Waals surface area contributed by atoms with E-state index in [-0.39, 0.29) is 0 Å². The lowest BCUT2D eigenvalue weighted by molar-refractivity contribution is -0.404. The Labute approximate surface area is 213 Å². The standard InChI is InChI=1S/C14H9BrCl2N2.C6H3N3O7/c1-8-13(9-2-4-10(15)5-3-9)18-14-12(17)6-11(16)7-19(8)14;10-6-4(8(13)14)1-3(7(11)12)2-5(6)9(15)16/h2-7H,1H3;1-2,10H. The molecule has 180 valence electrons. The number of hydrogen-bond donors (Lipinski definition) is 1. The molecule has 0 aliphatic heterocycles. The van der Waals surface area contributed by atoms with Crippen molar-refractivity contribution in [2.45, 2.75) is 6.92 Å². The number of nitro benzene ring substituents is 3. The van der Waals surface area contributed by atoms with Gasteiger partial charge in [0.1, 0.15) is 0 Å². The summed E-state index contributed by atoms with van der Waals surface area (Å²) >= 11 is 15.6. The van der Waals surface area contributed by atoms with E-state index in [0.717, 1.165) is 27.1 Å². The van der Waals surface area contributed by atoms with Crippen LogP contribution < -0.4 is 0 Å². The highest BCUT2D eigenvalue weighted by Gasteiger charge is 2.30. The van der Waals surface area contributed by atoms with Gasteiger partial charge in [0.05, 0.1) is 42.6 Å². The summed E-state index contributed by atoms with van der Waals surface area (Å²) in [5.41, 5.74) is 0.703. The van der Waals surface area contributed by atoms with Crippen molar-refractivity contribution < 1.29 is 19.9 Å². The van der Waals surface area contributed by atoms with E-state index in [4.69, 9.17) is 28.3 Å². The predicted octanol–water partition coefficient (Wildman–Crippen LogP) is 6.50. The van der Waals surface area contributed by atoms with Crippen molar-refractivity contribution >= 4 is 61.8 Å². The lowest BCUT2D eigenvalue weighted by atomic mass is 10.1. The number of nitrogens with zero attached hydrogens (tertiary/aromatic N) is 5. The average Bonchev–Trinajstić information content (AvgIpc) is 3.11. The van der Waals surface area contributed by atoms with Crippen molar-refractivity contribution in [1.82, 2.24) is 9.38 Å². The lowest BCUT2D eigenvalue weighted by Gasteiger charge is -2.00. The number of hydrogen-bond acceptors (Lipinski definition) is 8. The highest BCUT2D eigenvalue weighted by molar-refractivity contribution is 9.10. The molecule has 2 aromatic carbocycles. The number of non-ortho nitro benzene ring substituents is 1. The maximum atomic E-state index is 10.4. The van der Waals surface area contributed by atoms with Crippen LogP contribution in [0, 0.1) is 37.3 Å². The fourth-order valence-electron chi connectivity index (χ4n) is 3.04. The second-order valence-corrected chi connectivity index (χ2v) is 8.62. The van der Waals surface area contributed by atoms with Crippen molar-refractivity contribution in [1.29, 1.82) is 0 Å². The number of benzene rings is 2. The molecule has 15 heteroatoms. The minimum Gasteiger partial charge on any atom is -0.497 e. The van der Waals surface area contributed by atoms with E-state index in [0.29, 0.717) is 22.2 Å². The zero-order valence-corrected chi connectivity index (χ0v) is 20.5. The first-order valence-electron chi connectivity index (χ1n) is 9.30. The van der Waals surface area contributed by atoms with Gasteiger partial charge in [-0.1, -0.05) is 51.3 Å². The Hall–Kier alpha value is -3.81. The molecule has 35 heavy (non-hydrogen) atoms. The second-order valence-electron chi connectivity index (χ2n) is 6.86. The van der Waals surface area contributed by atoms with Gasteiger partial charge in [0, 0.05) is 21.9 Å². The van der Waals surface area contributed by atoms with Gasteiger partial charge in [-0.05, 0) is 25.1 Å². The third-order valence-corrected chi connectivity index (χ3v) is 5.67. The zero-order chi connectivity index (χ0) is 26.0. The van der Waals surface area contributed by atoms with Crippen LogP contribution in [0.2, 0.25) is 10.0 Å². The van der Waals surface area contributed by atoms with Gasteiger partial charge in [-0.3, -0.25) is 30.3 Å². The number of phenolic OH excluding ortho intramolecular Hbond substituents is 1. The first-order valence-corrected chi connectivity index (χ1v) is 10.9. The SMILES string of the molecule is Cc1c(-c2ccc(Br)cc2)nc2c(Cl)cc(Cl)cn12.O=[N+]([O-])c1cc([N+](=O)[O-])c(O)c([N+](=O)[O-])c1. The van der Waals surface area contributed by atoms with E-state index in [1.165, 1.54) is 0 Å². The number of rotatable bonds is 4. The highest BCUT2D eigenvalue weighted by Crippen LogP contribution is 2.39. The second kappa shape index (κ2) is 10.2. The van der Waals surface area contributed by atoms with Crippen molar-refractivity contribution in [3.05, 3.63) is 99.2 Å². The molecule has 0 aliphatic rings. The number of halogens is 3. The summed E-state index contributed by atoms with van der Waals surface area (Å²) < 4.78 is 2.96. The van der Waals surface area contributed by atoms with Crippen LogP contribution in [0.4, 0.5) is 17.1 Å². The van der Waals surface area contributed by atoms with Gasteiger partial charge in [0.25, 0.3) is 11.4 Å². The molecule has 0 saturated carbocycles. The number of aromatic nitrogens is 2. The van der Waals surface area contributed by atoms with Crippen molar-refractivity contribution in [3.63, 3.8) is 0 Å². The zero-order valence-electron chi connectivity index (χ0n) is 17.4. The van der Waals surface area contributed by atoms with Crippen LogP contribution in [0.1, 0.15) is 5.69 Å². The minimum absolute atomic E-state index is 0.447. The first-order chi connectivity index (χ1) is 16.4. The fourth-order valence-corrected chi connectivity index (χ4v) is 3.82. The monoisotopic (exact) mass is 583 g/mol. The molecule has 0 atom stereocenters. The van der Waals surface area contributed by atoms with Crippen LogP contribution in [0.25, 0.3) is 16.9 Å². The molecule has 4 aromatic rings. The smallest absolute Gasteiger partial charge is 0.324 e. The number of phenols is 1. The molecule has 4 rings (SSSR count). The molecule has 0 unspecified atom stereocenters. The Morgan fingerprint density at radius 1 is 0.943 bits per heavy atom. The molecular formula is C20H12BrCl2N5O7. The van der Waals surface area contributed by atoms with E-state index in [1.807, 2.05) is 41.8 Å². The Kier molecular flexibility index (Phi) is 7.53. The molecule has 0 aliphatic carbocycles. The molecule has 0 radical (unpaired) electrons. The third kappa shape index (κ3) is 5.48. The number of aryl methyl sites for hydroxylation is 1. The summed E-state index contributed by atoms with van der Waals surface area (Å²) in [4.78, 5) is 32.4. The summed E-state index contributed by atoms with van der Waals surface area (Å²) in [7, 11) is 0. The Balaban J connectivity index is 0.000000199. The third-order valence-electron chi connectivity index (χ3n) is 4.66. The van der Waals surface area contributed by atoms with Gasteiger partial charge < -0.3 is 9.51 Å². The average molecular weight is 585 g/mol.